The highest BCUT2D eigenvalue weighted by Gasteiger charge is 2.30. The van der Waals surface area contributed by atoms with Crippen molar-refractivity contribution in [2.45, 2.75) is 6.18 Å². The first-order valence-corrected chi connectivity index (χ1v) is 7.81. The average molecular weight is 348 g/mol. The molecule has 0 aliphatic rings. The van der Waals surface area contributed by atoms with Gasteiger partial charge < -0.3 is 5.32 Å². The monoisotopic (exact) mass is 348 g/mol. The second kappa shape index (κ2) is 6.45. The molecule has 2 aromatic carbocycles. The molecular formula is C17H11F3N2OS. The van der Waals surface area contributed by atoms with Gasteiger partial charge in [-0.3, -0.25) is 4.79 Å². The van der Waals surface area contributed by atoms with Crippen LogP contribution in [-0.2, 0) is 6.18 Å². The minimum atomic E-state index is -4.46. The van der Waals surface area contributed by atoms with Crippen molar-refractivity contribution in [2.75, 3.05) is 5.32 Å². The second-order valence-corrected chi connectivity index (χ2v) is 5.79. The maximum atomic E-state index is 12.7. The van der Waals surface area contributed by atoms with E-state index in [0.29, 0.717) is 5.01 Å². The van der Waals surface area contributed by atoms with Gasteiger partial charge in [0.25, 0.3) is 5.91 Å². The van der Waals surface area contributed by atoms with E-state index in [0.717, 1.165) is 17.7 Å². The number of amides is 1. The van der Waals surface area contributed by atoms with Crippen LogP contribution in [0.5, 0.6) is 0 Å². The normalized spacial score (nSPS) is 11.3. The van der Waals surface area contributed by atoms with Crippen molar-refractivity contribution >= 4 is 22.9 Å². The molecule has 0 unspecified atom stereocenters. The summed E-state index contributed by atoms with van der Waals surface area (Å²) >= 11 is 1.30. The fourth-order valence-corrected chi connectivity index (χ4v) is 2.87. The fourth-order valence-electron chi connectivity index (χ4n) is 2.06. The summed E-state index contributed by atoms with van der Waals surface area (Å²) < 4.78 is 38.1. The highest BCUT2D eigenvalue weighted by Crippen LogP contribution is 2.31. The molecule has 3 nitrogen and oxygen atoms in total. The van der Waals surface area contributed by atoms with E-state index in [4.69, 9.17) is 0 Å². The number of nitrogens with one attached hydrogen (secondary N) is 1. The Bertz CT molecular complexity index is 860. The van der Waals surface area contributed by atoms with Gasteiger partial charge in [0.05, 0.1) is 5.56 Å². The number of halogens is 3. The third kappa shape index (κ3) is 3.62. The average Bonchev–Trinajstić information content (AvgIpc) is 3.05. The van der Waals surface area contributed by atoms with Gasteiger partial charge in [0, 0.05) is 16.6 Å². The summed E-state index contributed by atoms with van der Waals surface area (Å²) in [6.45, 7) is 0. The SMILES string of the molecule is O=C(Nc1cccc(C(F)(F)F)c1)c1csc(-c2ccccc2)n1. The van der Waals surface area contributed by atoms with Crippen LogP contribution in [0.2, 0.25) is 0 Å². The van der Waals surface area contributed by atoms with Crippen molar-refractivity contribution in [1.82, 2.24) is 4.98 Å². The summed E-state index contributed by atoms with van der Waals surface area (Å²) in [5, 5.41) is 4.69. The number of thiazole rings is 1. The predicted octanol–water partition coefficient (Wildman–Crippen LogP) is 5.08. The molecule has 0 spiro atoms. The van der Waals surface area contributed by atoms with Crippen LogP contribution in [0.1, 0.15) is 16.1 Å². The number of nitrogens with zero attached hydrogens (tertiary/aromatic N) is 1. The first-order valence-electron chi connectivity index (χ1n) is 6.93. The van der Waals surface area contributed by atoms with Crippen molar-refractivity contribution < 1.29 is 18.0 Å². The van der Waals surface area contributed by atoms with E-state index in [1.807, 2.05) is 30.3 Å². The van der Waals surface area contributed by atoms with Gasteiger partial charge in [-0.15, -0.1) is 11.3 Å². The van der Waals surface area contributed by atoms with Gasteiger partial charge in [-0.2, -0.15) is 13.2 Å². The van der Waals surface area contributed by atoms with Gasteiger partial charge in [-0.25, -0.2) is 4.98 Å². The smallest absolute Gasteiger partial charge is 0.321 e. The standard InChI is InChI=1S/C17H11F3N2OS/c18-17(19,20)12-7-4-8-13(9-12)21-15(23)14-10-24-16(22-14)11-5-2-1-3-6-11/h1-10H,(H,21,23). The molecule has 0 atom stereocenters. The highest BCUT2D eigenvalue weighted by molar-refractivity contribution is 7.13. The molecule has 0 saturated carbocycles. The Kier molecular flexibility index (Phi) is 4.35. The van der Waals surface area contributed by atoms with Crippen LogP contribution in [-0.4, -0.2) is 10.9 Å². The molecule has 1 N–H and O–H groups in total. The quantitative estimate of drug-likeness (QED) is 0.717. The maximum absolute atomic E-state index is 12.7. The van der Waals surface area contributed by atoms with E-state index in [1.165, 1.54) is 23.5 Å². The predicted molar refractivity (Wildman–Crippen MR) is 86.9 cm³/mol. The maximum Gasteiger partial charge on any atom is 0.416 e. The summed E-state index contributed by atoms with van der Waals surface area (Å²) in [6, 6.07) is 13.8. The number of benzene rings is 2. The fraction of sp³-hybridized carbons (Fsp3) is 0.0588. The molecule has 0 aliphatic carbocycles. The van der Waals surface area contributed by atoms with Crippen LogP contribution in [0, 0.1) is 0 Å². The number of carbonyl (C=O) groups is 1. The molecular weight excluding hydrogens is 337 g/mol. The van der Waals surface area contributed by atoms with E-state index in [-0.39, 0.29) is 11.4 Å². The van der Waals surface area contributed by atoms with Crippen molar-refractivity contribution in [3.8, 4) is 10.6 Å². The highest BCUT2D eigenvalue weighted by atomic mass is 32.1. The molecule has 1 heterocycles. The number of hydrogen-bond donors (Lipinski definition) is 1. The number of aromatic nitrogens is 1. The molecule has 3 aromatic rings. The lowest BCUT2D eigenvalue weighted by molar-refractivity contribution is -0.137. The van der Waals surface area contributed by atoms with Crippen LogP contribution >= 0.6 is 11.3 Å². The molecule has 0 saturated heterocycles. The van der Waals surface area contributed by atoms with E-state index in [9.17, 15) is 18.0 Å². The summed E-state index contributed by atoms with van der Waals surface area (Å²) in [7, 11) is 0. The second-order valence-electron chi connectivity index (χ2n) is 4.94. The molecule has 1 amide bonds. The molecule has 0 bridgehead atoms. The number of rotatable bonds is 3. The zero-order valence-electron chi connectivity index (χ0n) is 12.2. The number of anilines is 1. The number of alkyl halides is 3. The van der Waals surface area contributed by atoms with Crippen LogP contribution in [0.4, 0.5) is 18.9 Å². The third-order valence-electron chi connectivity index (χ3n) is 3.21. The Labute approximate surface area is 139 Å². The van der Waals surface area contributed by atoms with E-state index in [1.54, 1.807) is 5.38 Å². The van der Waals surface area contributed by atoms with Gasteiger partial charge in [0.1, 0.15) is 10.7 Å². The topological polar surface area (TPSA) is 42.0 Å². The van der Waals surface area contributed by atoms with Gasteiger partial charge in [-0.05, 0) is 18.2 Å². The number of hydrogen-bond acceptors (Lipinski definition) is 3. The number of carbonyl (C=O) groups excluding carboxylic acids is 1. The Morgan fingerprint density at radius 3 is 2.50 bits per heavy atom. The lowest BCUT2D eigenvalue weighted by Crippen LogP contribution is -2.13. The molecule has 0 fully saturated rings. The van der Waals surface area contributed by atoms with E-state index >= 15 is 0 Å². The van der Waals surface area contributed by atoms with Crippen molar-refractivity contribution in [1.29, 1.82) is 0 Å². The van der Waals surface area contributed by atoms with E-state index in [2.05, 4.69) is 10.3 Å². The molecule has 0 radical (unpaired) electrons. The Hall–Kier alpha value is -2.67. The molecule has 7 heteroatoms. The zero-order valence-corrected chi connectivity index (χ0v) is 13.0. The molecule has 24 heavy (non-hydrogen) atoms. The van der Waals surface area contributed by atoms with Crippen LogP contribution in [0.3, 0.4) is 0 Å². The third-order valence-corrected chi connectivity index (χ3v) is 4.10. The van der Waals surface area contributed by atoms with Gasteiger partial charge in [0.2, 0.25) is 0 Å². The summed E-state index contributed by atoms with van der Waals surface area (Å²) in [4.78, 5) is 16.4. The summed E-state index contributed by atoms with van der Waals surface area (Å²) in [6.07, 6.45) is -4.46. The summed E-state index contributed by atoms with van der Waals surface area (Å²) in [5.74, 6) is -0.548. The van der Waals surface area contributed by atoms with Crippen LogP contribution in [0.25, 0.3) is 10.6 Å². The van der Waals surface area contributed by atoms with Crippen LogP contribution < -0.4 is 5.32 Å². The first-order chi connectivity index (χ1) is 11.4. The largest absolute Gasteiger partial charge is 0.416 e. The van der Waals surface area contributed by atoms with E-state index < -0.39 is 17.6 Å². The lowest BCUT2D eigenvalue weighted by atomic mass is 10.2. The summed E-state index contributed by atoms with van der Waals surface area (Å²) in [5.41, 5.74) is 0.296. The van der Waals surface area contributed by atoms with Gasteiger partial charge in [-0.1, -0.05) is 36.4 Å². The van der Waals surface area contributed by atoms with Crippen molar-refractivity contribution in [2.24, 2.45) is 0 Å². The Morgan fingerprint density at radius 2 is 1.79 bits per heavy atom. The first kappa shape index (κ1) is 16.2. The molecule has 3 rings (SSSR count). The zero-order chi connectivity index (χ0) is 17.2. The molecule has 0 aliphatic heterocycles. The Morgan fingerprint density at radius 1 is 1.04 bits per heavy atom. The molecule has 1 aromatic heterocycles. The van der Waals surface area contributed by atoms with Crippen LogP contribution in [0.15, 0.2) is 60.0 Å². The van der Waals surface area contributed by atoms with Gasteiger partial charge in [0.15, 0.2) is 0 Å². The lowest BCUT2D eigenvalue weighted by Gasteiger charge is -2.09. The minimum absolute atomic E-state index is 0.0732. The minimum Gasteiger partial charge on any atom is -0.321 e. The molecule has 122 valence electrons. The Balaban J connectivity index is 1.78. The van der Waals surface area contributed by atoms with Crippen molar-refractivity contribution in [3.63, 3.8) is 0 Å². The van der Waals surface area contributed by atoms with Crippen molar-refractivity contribution in [3.05, 3.63) is 71.2 Å². The van der Waals surface area contributed by atoms with Gasteiger partial charge >= 0.3 is 6.18 Å².